The van der Waals surface area contributed by atoms with E-state index in [9.17, 15) is 19.7 Å². The number of carbonyl (C=O) groups is 2. The van der Waals surface area contributed by atoms with Crippen LogP contribution in [0.2, 0.25) is 10.0 Å². The zero-order chi connectivity index (χ0) is 26.1. The minimum Gasteiger partial charge on any atom is -0.493 e. The second kappa shape index (κ2) is 12.5. The van der Waals surface area contributed by atoms with Gasteiger partial charge < -0.3 is 14.8 Å². The second-order valence-electron chi connectivity index (χ2n) is 7.24. The zero-order valence-corrected chi connectivity index (χ0v) is 20.4. The molecule has 0 radical (unpaired) electrons. The lowest BCUT2D eigenvalue weighted by Crippen LogP contribution is -2.24. The standard InChI is InChI=1S/C24H20Cl2N4O6/c1-35-21-9-16(20(30(33)34)11-22(21)36-14-15-5-3-2-4-6-15)13-27-29-24(32)12-23(31)28-17-7-8-18(25)19(26)10-17/h2-11,13H,12,14H2,1H3,(H,28,31)(H,29,32). The molecule has 0 unspecified atom stereocenters. The molecule has 2 amide bonds. The molecule has 3 aromatic rings. The molecule has 0 aliphatic heterocycles. The number of anilines is 1. The fraction of sp³-hybridized carbons (Fsp3) is 0.125. The van der Waals surface area contributed by atoms with Crippen LogP contribution in [0.4, 0.5) is 11.4 Å². The summed E-state index contributed by atoms with van der Waals surface area (Å²) in [5.41, 5.74) is 3.15. The van der Waals surface area contributed by atoms with Gasteiger partial charge in [0.05, 0.1) is 39.9 Å². The van der Waals surface area contributed by atoms with E-state index in [4.69, 9.17) is 32.7 Å². The number of nitrogens with one attached hydrogen (secondary N) is 2. The Hall–Kier alpha value is -4.15. The molecule has 0 saturated heterocycles. The molecule has 3 aromatic carbocycles. The molecule has 10 nitrogen and oxygen atoms in total. The van der Waals surface area contributed by atoms with Gasteiger partial charge in [-0.3, -0.25) is 19.7 Å². The summed E-state index contributed by atoms with van der Waals surface area (Å²) < 4.78 is 11.0. The number of rotatable bonds is 10. The van der Waals surface area contributed by atoms with Gasteiger partial charge in [0.25, 0.3) is 5.69 Å². The minimum absolute atomic E-state index is 0.0597. The Labute approximate surface area is 216 Å². The average Bonchev–Trinajstić information content (AvgIpc) is 2.85. The van der Waals surface area contributed by atoms with Crippen LogP contribution in [0.25, 0.3) is 0 Å². The summed E-state index contributed by atoms with van der Waals surface area (Å²) >= 11 is 11.7. The van der Waals surface area contributed by atoms with Crippen LogP contribution in [0.3, 0.4) is 0 Å². The fourth-order valence-corrected chi connectivity index (χ4v) is 3.27. The molecule has 0 aliphatic carbocycles. The van der Waals surface area contributed by atoms with Gasteiger partial charge in [-0.15, -0.1) is 0 Å². The number of nitro benzene ring substituents is 1. The third-order valence-electron chi connectivity index (χ3n) is 4.66. The van der Waals surface area contributed by atoms with Crippen molar-refractivity contribution in [1.82, 2.24) is 5.43 Å². The highest BCUT2D eigenvalue weighted by atomic mass is 35.5. The van der Waals surface area contributed by atoms with Crippen LogP contribution in [-0.4, -0.2) is 30.1 Å². The quantitative estimate of drug-likeness (QED) is 0.164. The maximum absolute atomic E-state index is 12.1. The third kappa shape index (κ3) is 7.42. The predicted octanol–water partition coefficient (Wildman–Crippen LogP) is 4.97. The summed E-state index contributed by atoms with van der Waals surface area (Å²) in [4.78, 5) is 35.1. The number of ether oxygens (including phenoxy) is 2. The molecule has 0 saturated carbocycles. The van der Waals surface area contributed by atoms with E-state index in [1.54, 1.807) is 0 Å². The first-order valence-electron chi connectivity index (χ1n) is 10.4. The van der Waals surface area contributed by atoms with Crippen molar-refractivity contribution < 1.29 is 24.0 Å². The molecule has 12 heteroatoms. The largest absolute Gasteiger partial charge is 0.493 e. The van der Waals surface area contributed by atoms with Gasteiger partial charge in [0.1, 0.15) is 13.0 Å². The summed E-state index contributed by atoms with van der Waals surface area (Å²) in [6.45, 7) is 0.183. The van der Waals surface area contributed by atoms with E-state index in [1.165, 1.54) is 37.4 Å². The van der Waals surface area contributed by atoms with E-state index in [0.29, 0.717) is 10.7 Å². The first-order valence-corrected chi connectivity index (χ1v) is 11.1. The number of carbonyl (C=O) groups excluding carboxylic acids is 2. The molecule has 0 fully saturated rings. The molecule has 36 heavy (non-hydrogen) atoms. The maximum atomic E-state index is 12.1. The molecule has 0 heterocycles. The van der Waals surface area contributed by atoms with E-state index in [-0.39, 0.29) is 34.4 Å². The number of nitro groups is 1. The van der Waals surface area contributed by atoms with E-state index in [2.05, 4.69) is 15.8 Å². The molecule has 186 valence electrons. The van der Waals surface area contributed by atoms with Gasteiger partial charge in [-0.2, -0.15) is 5.10 Å². The van der Waals surface area contributed by atoms with E-state index >= 15 is 0 Å². The van der Waals surface area contributed by atoms with Crippen LogP contribution in [0.15, 0.2) is 65.8 Å². The number of methoxy groups -OCH3 is 1. The van der Waals surface area contributed by atoms with Crippen LogP contribution < -0.4 is 20.2 Å². The predicted molar refractivity (Wildman–Crippen MR) is 136 cm³/mol. The van der Waals surface area contributed by atoms with Gasteiger partial charge in [-0.05, 0) is 29.8 Å². The first-order chi connectivity index (χ1) is 17.3. The highest BCUT2D eigenvalue weighted by Gasteiger charge is 2.19. The lowest BCUT2D eigenvalue weighted by atomic mass is 10.1. The molecule has 0 aromatic heterocycles. The Morgan fingerprint density at radius 2 is 1.78 bits per heavy atom. The van der Waals surface area contributed by atoms with Crippen LogP contribution in [0, 0.1) is 10.1 Å². The highest BCUT2D eigenvalue weighted by Crippen LogP contribution is 2.34. The van der Waals surface area contributed by atoms with Crippen molar-refractivity contribution in [3.8, 4) is 11.5 Å². The number of amides is 2. The Morgan fingerprint density at radius 1 is 1.03 bits per heavy atom. The highest BCUT2D eigenvalue weighted by molar-refractivity contribution is 6.42. The molecular formula is C24H20Cl2N4O6. The molecular weight excluding hydrogens is 511 g/mol. The second-order valence-corrected chi connectivity index (χ2v) is 8.05. The third-order valence-corrected chi connectivity index (χ3v) is 5.40. The molecule has 3 rings (SSSR count). The number of benzene rings is 3. The summed E-state index contributed by atoms with van der Waals surface area (Å²) in [7, 11) is 1.39. The van der Waals surface area contributed by atoms with E-state index in [0.717, 1.165) is 11.8 Å². The maximum Gasteiger partial charge on any atom is 0.282 e. The SMILES string of the molecule is COc1cc(C=NNC(=O)CC(=O)Nc2ccc(Cl)c(Cl)c2)c([N+](=O)[O-])cc1OCc1ccccc1. The monoisotopic (exact) mass is 530 g/mol. The van der Waals surface area contributed by atoms with Crippen LogP contribution in [0.1, 0.15) is 17.5 Å². The Morgan fingerprint density at radius 3 is 2.44 bits per heavy atom. The number of hydrogen-bond donors (Lipinski definition) is 2. The lowest BCUT2D eigenvalue weighted by Gasteiger charge is -2.12. The van der Waals surface area contributed by atoms with Crippen molar-refractivity contribution in [2.24, 2.45) is 5.10 Å². The normalized spacial score (nSPS) is 10.6. The van der Waals surface area contributed by atoms with Crippen molar-refractivity contribution in [2.75, 3.05) is 12.4 Å². The van der Waals surface area contributed by atoms with Crippen molar-refractivity contribution in [3.63, 3.8) is 0 Å². The lowest BCUT2D eigenvalue weighted by molar-refractivity contribution is -0.385. The number of nitrogens with zero attached hydrogens (tertiary/aromatic N) is 2. The summed E-state index contributed by atoms with van der Waals surface area (Å²) in [6.07, 6.45) is 0.533. The number of hydrazone groups is 1. The Kier molecular flexibility index (Phi) is 9.20. The fourth-order valence-electron chi connectivity index (χ4n) is 2.97. The van der Waals surface area contributed by atoms with Crippen LogP contribution in [-0.2, 0) is 16.2 Å². The van der Waals surface area contributed by atoms with Gasteiger partial charge in [-0.1, -0.05) is 53.5 Å². The van der Waals surface area contributed by atoms with E-state index < -0.39 is 23.2 Å². The summed E-state index contributed by atoms with van der Waals surface area (Å²) in [5, 5.41) is 18.4. The minimum atomic E-state index is -0.735. The summed E-state index contributed by atoms with van der Waals surface area (Å²) in [6, 6.07) is 16.3. The van der Waals surface area contributed by atoms with Crippen LogP contribution >= 0.6 is 23.2 Å². The first kappa shape index (κ1) is 26.5. The van der Waals surface area contributed by atoms with Gasteiger partial charge in [0.2, 0.25) is 11.8 Å². The van der Waals surface area contributed by atoms with Crippen molar-refractivity contribution in [3.05, 3.63) is 92.0 Å². The average molecular weight is 531 g/mol. The number of halogens is 2. The summed E-state index contributed by atoms with van der Waals surface area (Å²) in [5.74, 6) is -0.937. The van der Waals surface area contributed by atoms with Gasteiger partial charge in [0, 0.05) is 5.69 Å². The Balaban J connectivity index is 1.64. The number of hydrogen-bond acceptors (Lipinski definition) is 7. The van der Waals surface area contributed by atoms with Gasteiger partial charge in [-0.25, -0.2) is 5.43 Å². The smallest absolute Gasteiger partial charge is 0.282 e. The van der Waals surface area contributed by atoms with Gasteiger partial charge in [0.15, 0.2) is 11.5 Å². The topological polar surface area (TPSA) is 132 Å². The molecule has 0 spiro atoms. The van der Waals surface area contributed by atoms with Crippen molar-refractivity contribution >= 4 is 52.6 Å². The molecule has 2 N–H and O–H groups in total. The van der Waals surface area contributed by atoms with Gasteiger partial charge >= 0.3 is 0 Å². The molecule has 0 bridgehead atoms. The van der Waals surface area contributed by atoms with Crippen molar-refractivity contribution in [2.45, 2.75) is 13.0 Å². The van der Waals surface area contributed by atoms with Crippen LogP contribution in [0.5, 0.6) is 11.5 Å². The zero-order valence-electron chi connectivity index (χ0n) is 18.9. The Bertz CT molecular complexity index is 1300. The van der Waals surface area contributed by atoms with E-state index in [1.807, 2.05) is 30.3 Å². The van der Waals surface area contributed by atoms with Crippen molar-refractivity contribution in [1.29, 1.82) is 0 Å². The molecule has 0 aliphatic rings. The molecule has 0 atom stereocenters.